The Labute approximate surface area is 156 Å². The summed E-state index contributed by atoms with van der Waals surface area (Å²) in [5, 5.41) is 19.8. The van der Waals surface area contributed by atoms with Gasteiger partial charge in [-0.2, -0.15) is 0 Å². The number of benzene rings is 2. The molecule has 2 aromatic carbocycles. The van der Waals surface area contributed by atoms with Crippen LogP contribution in [0.4, 0.5) is 0 Å². The molecule has 0 radical (unpaired) electrons. The molecule has 0 spiro atoms. The second-order valence-corrected chi connectivity index (χ2v) is 6.45. The fourth-order valence-electron chi connectivity index (χ4n) is 3.22. The standard InChI is InChI=1S/C22H30O4/c1-3-25-21-9-5-7-17(13-21)11-19(15-23)20(16-24)12-18-8-6-10-22(14-18)26-4-2/h5-10,13-14,19-20,23-24H,3-4,11-12,15-16H2,1-2H3. The summed E-state index contributed by atoms with van der Waals surface area (Å²) in [4.78, 5) is 0. The van der Waals surface area contributed by atoms with Gasteiger partial charge in [-0.25, -0.2) is 0 Å². The molecular formula is C22H30O4. The van der Waals surface area contributed by atoms with Gasteiger partial charge in [0.1, 0.15) is 11.5 Å². The molecule has 2 N–H and O–H groups in total. The molecule has 26 heavy (non-hydrogen) atoms. The molecule has 4 nitrogen and oxygen atoms in total. The number of rotatable bonds is 11. The molecular weight excluding hydrogens is 328 g/mol. The van der Waals surface area contributed by atoms with Crippen LogP contribution in [0.3, 0.4) is 0 Å². The Balaban J connectivity index is 2.08. The van der Waals surface area contributed by atoms with Crippen molar-refractivity contribution in [1.29, 1.82) is 0 Å². The zero-order chi connectivity index (χ0) is 18.8. The molecule has 0 bridgehead atoms. The van der Waals surface area contributed by atoms with Crippen LogP contribution < -0.4 is 9.47 Å². The van der Waals surface area contributed by atoms with Crippen molar-refractivity contribution in [2.75, 3.05) is 26.4 Å². The van der Waals surface area contributed by atoms with Gasteiger partial charge in [-0.3, -0.25) is 0 Å². The molecule has 2 unspecified atom stereocenters. The molecule has 0 saturated heterocycles. The smallest absolute Gasteiger partial charge is 0.119 e. The largest absolute Gasteiger partial charge is 0.494 e. The Bertz CT molecular complexity index is 599. The summed E-state index contributed by atoms with van der Waals surface area (Å²) in [5.74, 6) is 1.64. The summed E-state index contributed by atoms with van der Waals surface area (Å²) in [6, 6.07) is 15.9. The number of hydrogen-bond donors (Lipinski definition) is 2. The first-order chi connectivity index (χ1) is 12.7. The lowest BCUT2D eigenvalue weighted by Crippen LogP contribution is -2.26. The van der Waals surface area contributed by atoms with Gasteiger partial charge in [0.15, 0.2) is 0 Å². The summed E-state index contributed by atoms with van der Waals surface area (Å²) in [5.41, 5.74) is 2.22. The van der Waals surface area contributed by atoms with Gasteiger partial charge >= 0.3 is 0 Å². The maximum Gasteiger partial charge on any atom is 0.119 e. The van der Waals surface area contributed by atoms with Crippen molar-refractivity contribution in [3.63, 3.8) is 0 Å². The van der Waals surface area contributed by atoms with Crippen molar-refractivity contribution in [2.24, 2.45) is 11.8 Å². The van der Waals surface area contributed by atoms with E-state index in [-0.39, 0.29) is 25.0 Å². The maximum absolute atomic E-state index is 9.91. The van der Waals surface area contributed by atoms with Crippen LogP contribution in [0.25, 0.3) is 0 Å². The van der Waals surface area contributed by atoms with Gasteiger partial charge in [0.25, 0.3) is 0 Å². The monoisotopic (exact) mass is 358 g/mol. The molecule has 0 amide bonds. The van der Waals surface area contributed by atoms with E-state index < -0.39 is 0 Å². The normalized spacial score (nSPS) is 13.2. The highest BCUT2D eigenvalue weighted by Crippen LogP contribution is 2.25. The lowest BCUT2D eigenvalue weighted by atomic mass is 9.83. The van der Waals surface area contributed by atoms with E-state index in [0.717, 1.165) is 22.6 Å². The molecule has 0 aliphatic heterocycles. The van der Waals surface area contributed by atoms with E-state index >= 15 is 0 Å². The predicted molar refractivity (Wildman–Crippen MR) is 104 cm³/mol. The number of aliphatic hydroxyl groups is 2. The third kappa shape index (κ3) is 6.04. The summed E-state index contributed by atoms with van der Waals surface area (Å²) in [7, 11) is 0. The zero-order valence-corrected chi connectivity index (χ0v) is 15.7. The third-order valence-corrected chi connectivity index (χ3v) is 4.55. The minimum Gasteiger partial charge on any atom is -0.494 e. The van der Waals surface area contributed by atoms with Crippen LogP contribution in [0, 0.1) is 11.8 Å². The quantitative estimate of drug-likeness (QED) is 0.646. The maximum atomic E-state index is 9.91. The van der Waals surface area contributed by atoms with E-state index in [1.165, 1.54) is 0 Å². The summed E-state index contributed by atoms with van der Waals surface area (Å²) in [6.45, 7) is 5.25. The van der Waals surface area contributed by atoms with E-state index in [1.807, 2.05) is 62.4 Å². The number of hydrogen-bond acceptors (Lipinski definition) is 4. The predicted octanol–water partition coefficient (Wildman–Crippen LogP) is 3.49. The third-order valence-electron chi connectivity index (χ3n) is 4.55. The molecule has 142 valence electrons. The van der Waals surface area contributed by atoms with Crippen LogP contribution >= 0.6 is 0 Å². The fraction of sp³-hybridized carbons (Fsp3) is 0.455. The molecule has 4 heteroatoms. The Hall–Kier alpha value is -2.04. The molecule has 0 heterocycles. The van der Waals surface area contributed by atoms with Crippen molar-refractivity contribution in [3.05, 3.63) is 59.7 Å². The molecule has 2 rings (SSSR count). The first-order valence-electron chi connectivity index (χ1n) is 9.35. The minimum atomic E-state index is -0.0207. The van der Waals surface area contributed by atoms with Gasteiger partial charge in [-0.05, 0) is 73.9 Å². The van der Waals surface area contributed by atoms with Crippen molar-refractivity contribution >= 4 is 0 Å². The van der Waals surface area contributed by atoms with Crippen LogP contribution in [0.5, 0.6) is 11.5 Å². The number of aliphatic hydroxyl groups excluding tert-OH is 2. The first kappa shape index (κ1) is 20.3. The SMILES string of the molecule is CCOc1cccc(CC(CO)C(CO)Cc2cccc(OCC)c2)c1. The van der Waals surface area contributed by atoms with Crippen molar-refractivity contribution in [3.8, 4) is 11.5 Å². The highest BCUT2D eigenvalue weighted by Gasteiger charge is 2.21. The van der Waals surface area contributed by atoms with Gasteiger partial charge in [0, 0.05) is 13.2 Å². The Morgan fingerprint density at radius 1 is 0.731 bits per heavy atom. The second kappa shape index (κ2) is 10.8. The average molecular weight is 358 g/mol. The van der Waals surface area contributed by atoms with Crippen LogP contribution in [0.15, 0.2) is 48.5 Å². The molecule has 2 atom stereocenters. The van der Waals surface area contributed by atoms with E-state index in [1.54, 1.807) is 0 Å². The van der Waals surface area contributed by atoms with Crippen molar-refractivity contribution in [1.82, 2.24) is 0 Å². The second-order valence-electron chi connectivity index (χ2n) is 6.45. The Morgan fingerprint density at radius 3 is 1.50 bits per heavy atom. The van der Waals surface area contributed by atoms with Crippen LogP contribution in [0.2, 0.25) is 0 Å². The molecule has 2 aromatic rings. The van der Waals surface area contributed by atoms with Crippen LogP contribution in [-0.4, -0.2) is 36.6 Å². The Kier molecular flexibility index (Phi) is 8.45. The molecule has 0 aliphatic rings. The average Bonchev–Trinajstić information content (AvgIpc) is 2.66. The van der Waals surface area contributed by atoms with E-state index in [9.17, 15) is 10.2 Å². The van der Waals surface area contributed by atoms with Gasteiger partial charge in [0.05, 0.1) is 13.2 Å². The zero-order valence-electron chi connectivity index (χ0n) is 15.7. The van der Waals surface area contributed by atoms with Crippen molar-refractivity contribution in [2.45, 2.75) is 26.7 Å². The highest BCUT2D eigenvalue weighted by atomic mass is 16.5. The highest BCUT2D eigenvalue weighted by molar-refractivity contribution is 5.30. The van der Waals surface area contributed by atoms with Gasteiger partial charge in [-0.1, -0.05) is 24.3 Å². The van der Waals surface area contributed by atoms with Gasteiger partial charge in [0.2, 0.25) is 0 Å². The molecule has 0 saturated carbocycles. The Morgan fingerprint density at radius 2 is 1.15 bits per heavy atom. The molecule has 0 aromatic heterocycles. The summed E-state index contributed by atoms with van der Waals surface area (Å²) in [6.07, 6.45) is 1.40. The summed E-state index contributed by atoms with van der Waals surface area (Å²) < 4.78 is 11.1. The van der Waals surface area contributed by atoms with E-state index in [4.69, 9.17) is 9.47 Å². The molecule has 0 fully saturated rings. The van der Waals surface area contributed by atoms with Crippen LogP contribution in [-0.2, 0) is 12.8 Å². The minimum absolute atomic E-state index is 0.0207. The molecule has 0 aliphatic carbocycles. The van der Waals surface area contributed by atoms with Gasteiger partial charge < -0.3 is 19.7 Å². The topological polar surface area (TPSA) is 58.9 Å². The lowest BCUT2D eigenvalue weighted by Gasteiger charge is -2.24. The fourth-order valence-corrected chi connectivity index (χ4v) is 3.22. The summed E-state index contributed by atoms with van der Waals surface area (Å²) >= 11 is 0. The first-order valence-corrected chi connectivity index (χ1v) is 9.35. The van der Waals surface area contributed by atoms with Crippen LogP contribution in [0.1, 0.15) is 25.0 Å². The van der Waals surface area contributed by atoms with Gasteiger partial charge in [-0.15, -0.1) is 0 Å². The van der Waals surface area contributed by atoms with E-state index in [0.29, 0.717) is 26.1 Å². The van der Waals surface area contributed by atoms with E-state index in [2.05, 4.69) is 0 Å². The lowest BCUT2D eigenvalue weighted by molar-refractivity contribution is 0.119. The van der Waals surface area contributed by atoms with Crippen molar-refractivity contribution < 1.29 is 19.7 Å². The number of ether oxygens (including phenoxy) is 2.